The smallest absolute Gasteiger partial charge is 0.434 e. The van der Waals surface area contributed by atoms with Crippen LogP contribution in [0.3, 0.4) is 0 Å². The van der Waals surface area contributed by atoms with Gasteiger partial charge in [0.05, 0.1) is 25.3 Å². The Morgan fingerprint density at radius 1 is 1.35 bits per heavy atom. The molecule has 0 bridgehead atoms. The average molecular weight is 332 g/mol. The van der Waals surface area contributed by atoms with Crippen molar-refractivity contribution in [2.24, 2.45) is 0 Å². The zero-order valence-electron chi connectivity index (χ0n) is 12.6. The largest absolute Gasteiger partial charge is 0.496 e. The number of nitrogens with zero attached hydrogens (tertiary/aromatic N) is 2. The number of hydrogen-bond acceptors (Lipinski definition) is 3. The summed E-state index contributed by atoms with van der Waals surface area (Å²) in [6.45, 7) is 0.481. The van der Waals surface area contributed by atoms with Crippen LogP contribution >= 0.6 is 0 Å². The molecule has 0 fully saturated rings. The number of aryl methyl sites for hydroxylation is 1. The van der Waals surface area contributed by atoms with Crippen molar-refractivity contribution in [2.45, 2.75) is 25.7 Å². The molecule has 1 N–H and O–H groups in total. The first kappa shape index (κ1) is 17.3. The normalized spacial score (nSPS) is 13.2. The molecule has 0 spiro atoms. The van der Waals surface area contributed by atoms with Crippen LogP contribution in [0.25, 0.3) is 11.4 Å². The van der Waals surface area contributed by atoms with E-state index in [1.165, 1.54) is 19.2 Å². The van der Waals surface area contributed by atoms with Crippen LogP contribution in [0.1, 0.15) is 24.3 Å². The number of alkyl halides is 4. The van der Waals surface area contributed by atoms with Gasteiger partial charge in [0, 0.05) is 6.20 Å². The van der Waals surface area contributed by atoms with Crippen molar-refractivity contribution in [3.63, 3.8) is 0 Å². The highest BCUT2D eigenvalue weighted by Crippen LogP contribution is 2.35. The van der Waals surface area contributed by atoms with E-state index in [0.29, 0.717) is 11.1 Å². The fourth-order valence-corrected chi connectivity index (χ4v) is 2.18. The predicted molar refractivity (Wildman–Crippen MR) is 75.8 cm³/mol. The molecule has 1 aromatic heterocycles. The van der Waals surface area contributed by atoms with Crippen molar-refractivity contribution in [3.05, 3.63) is 35.7 Å². The molecule has 1 aromatic carbocycles. The van der Waals surface area contributed by atoms with Crippen LogP contribution in [0.15, 0.2) is 24.4 Å². The minimum atomic E-state index is -4.62. The molecule has 1 heterocycles. The van der Waals surface area contributed by atoms with Gasteiger partial charge < -0.3 is 14.4 Å². The van der Waals surface area contributed by atoms with Crippen LogP contribution < -0.4 is 4.74 Å². The van der Waals surface area contributed by atoms with Crippen molar-refractivity contribution in [1.82, 2.24) is 9.55 Å². The minimum Gasteiger partial charge on any atom is -0.496 e. The number of halogens is 4. The summed E-state index contributed by atoms with van der Waals surface area (Å²) in [7, 11) is 1.36. The third kappa shape index (κ3) is 3.64. The van der Waals surface area contributed by atoms with Gasteiger partial charge >= 0.3 is 6.18 Å². The molecule has 23 heavy (non-hydrogen) atoms. The summed E-state index contributed by atoms with van der Waals surface area (Å²) >= 11 is 0. The van der Waals surface area contributed by atoms with Gasteiger partial charge in [0.15, 0.2) is 5.69 Å². The second-order valence-corrected chi connectivity index (χ2v) is 4.97. The maximum Gasteiger partial charge on any atom is 0.434 e. The lowest BCUT2D eigenvalue weighted by Gasteiger charge is -2.13. The number of aliphatic hydroxyl groups is 1. The zero-order valence-corrected chi connectivity index (χ0v) is 12.6. The number of benzene rings is 1. The molecule has 2 rings (SSSR count). The minimum absolute atomic E-state index is 0.0380. The van der Waals surface area contributed by atoms with Crippen molar-refractivity contribution >= 4 is 0 Å². The Bertz CT molecular complexity index is 681. The van der Waals surface area contributed by atoms with Gasteiger partial charge in [-0.05, 0) is 24.6 Å². The standard InChI is InChI=1S/C15H16F4N2O2/c1-9(22)10-3-4-11(12(7-10)23-2)14-20-13(15(17,18)19)8-21(14)6-5-16/h3-4,7-9,22H,5-6H2,1-2H3. The van der Waals surface area contributed by atoms with Crippen molar-refractivity contribution in [3.8, 4) is 17.1 Å². The van der Waals surface area contributed by atoms with Gasteiger partial charge in [-0.2, -0.15) is 13.2 Å². The summed E-state index contributed by atoms with van der Waals surface area (Å²) in [5.41, 5.74) is -0.256. The molecule has 4 nitrogen and oxygen atoms in total. The lowest BCUT2D eigenvalue weighted by Crippen LogP contribution is -2.05. The Hall–Kier alpha value is -2.09. The maximum absolute atomic E-state index is 12.9. The third-order valence-corrected chi connectivity index (χ3v) is 3.34. The number of hydrogen-bond donors (Lipinski definition) is 1. The van der Waals surface area contributed by atoms with Gasteiger partial charge in [0.1, 0.15) is 18.2 Å². The van der Waals surface area contributed by atoms with Gasteiger partial charge in [-0.15, -0.1) is 0 Å². The van der Waals surface area contributed by atoms with Crippen LogP contribution in [-0.2, 0) is 12.7 Å². The van der Waals surface area contributed by atoms with Crippen LogP contribution in [-0.4, -0.2) is 28.4 Å². The van der Waals surface area contributed by atoms with E-state index in [1.807, 2.05) is 0 Å². The molecule has 126 valence electrons. The van der Waals surface area contributed by atoms with Crippen LogP contribution in [0.4, 0.5) is 17.6 Å². The van der Waals surface area contributed by atoms with Gasteiger partial charge in [0.2, 0.25) is 0 Å². The zero-order chi connectivity index (χ0) is 17.2. The Morgan fingerprint density at radius 3 is 2.57 bits per heavy atom. The van der Waals surface area contributed by atoms with E-state index >= 15 is 0 Å². The van der Waals surface area contributed by atoms with Crippen LogP contribution in [0.5, 0.6) is 5.75 Å². The van der Waals surface area contributed by atoms with E-state index in [1.54, 1.807) is 13.0 Å². The highest BCUT2D eigenvalue weighted by Gasteiger charge is 2.35. The topological polar surface area (TPSA) is 47.3 Å². The molecule has 1 atom stereocenters. The molecular formula is C15H16F4N2O2. The molecule has 0 aliphatic carbocycles. The van der Waals surface area contributed by atoms with Crippen molar-refractivity contribution < 1.29 is 27.4 Å². The number of imidazole rings is 1. The number of aliphatic hydroxyl groups excluding tert-OH is 1. The number of aromatic nitrogens is 2. The monoisotopic (exact) mass is 332 g/mol. The summed E-state index contributed by atoms with van der Waals surface area (Å²) in [6, 6.07) is 4.57. The third-order valence-electron chi connectivity index (χ3n) is 3.34. The summed E-state index contributed by atoms with van der Waals surface area (Å²) in [4.78, 5) is 3.58. The SMILES string of the molecule is COc1cc(C(C)O)ccc1-c1nc(C(F)(F)F)cn1CCF. The lowest BCUT2D eigenvalue weighted by molar-refractivity contribution is -0.140. The highest BCUT2D eigenvalue weighted by atomic mass is 19.4. The van der Waals surface area contributed by atoms with E-state index in [4.69, 9.17) is 4.74 Å². The second-order valence-electron chi connectivity index (χ2n) is 4.97. The Balaban J connectivity index is 2.58. The first-order valence-electron chi connectivity index (χ1n) is 6.84. The Labute approximate surface area is 130 Å². The van der Waals surface area contributed by atoms with E-state index in [9.17, 15) is 22.7 Å². The molecule has 2 aromatic rings. The molecule has 1 unspecified atom stereocenters. The Morgan fingerprint density at radius 2 is 2.04 bits per heavy atom. The molecule has 0 aliphatic heterocycles. The molecule has 0 saturated heterocycles. The summed E-state index contributed by atoms with van der Waals surface area (Å²) in [6.07, 6.45) is -4.60. The van der Waals surface area contributed by atoms with Gasteiger partial charge in [-0.1, -0.05) is 6.07 Å². The fourth-order valence-electron chi connectivity index (χ4n) is 2.18. The van der Waals surface area contributed by atoms with Gasteiger partial charge in [0.25, 0.3) is 0 Å². The number of rotatable bonds is 5. The first-order chi connectivity index (χ1) is 10.8. The lowest BCUT2D eigenvalue weighted by atomic mass is 10.1. The summed E-state index contributed by atoms with van der Waals surface area (Å²) in [5.74, 6) is 0.215. The van der Waals surface area contributed by atoms with E-state index in [2.05, 4.69) is 4.98 Å². The Kier molecular flexibility index (Phi) is 4.93. The molecule has 0 amide bonds. The first-order valence-corrected chi connectivity index (χ1v) is 6.84. The van der Waals surface area contributed by atoms with Crippen LogP contribution in [0, 0.1) is 0 Å². The quantitative estimate of drug-likeness (QED) is 0.851. The molecule has 0 aliphatic rings. The maximum atomic E-state index is 12.9. The van der Waals surface area contributed by atoms with E-state index < -0.39 is 24.6 Å². The summed E-state index contributed by atoms with van der Waals surface area (Å²) in [5, 5.41) is 9.58. The highest BCUT2D eigenvalue weighted by molar-refractivity contribution is 5.66. The number of ether oxygens (including phenoxy) is 1. The van der Waals surface area contributed by atoms with E-state index in [-0.39, 0.29) is 18.1 Å². The van der Waals surface area contributed by atoms with E-state index in [0.717, 1.165) is 10.8 Å². The predicted octanol–water partition coefficient (Wildman–Crippen LogP) is 3.60. The van der Waals surface area contributed by atoms with Crippen LogP contribution in [0.2, 0.25) is 0 Å². The molecule has 0 radical (unpaired) electrons. The second kappa shape index (κ2) is 6.57. The van der Waals surface area contributed by atoms with Crippen molar-refractivity contribution in [1.29, 1.82) is 0 Å². The molecule has 8 heteroatoms. The number of methoxy groups -OCH3 is 1. The average Bonchev–Trinajstić information content (AvgIpc) is 2.91. The summed E-state index contributed by atoms with van der Waals surface area (Å²) < 4.78 is 57.5. The molecule has 0 saturated carbocycles. The van der Waals surface area contributed by atoms with Crippen molar-refractivity contribution in [2.75, 3.05) is 13.8 Å². The van der Waals surface area contributed by atoms with Gasteiger partial charge in [-0.25, -0.2) is 9.37 Å². The fraction of sp³-hybridized carbons (Fsp3) is 0.400. The van der Waals surface area contributed by atoms with Gasteiger partial charge in [-0.3, -0.25) is 0 Å². The molecular weight excluding hydrogens is 316 g/mol.